The van der Waals surface area contributed by atoms with Gasteiger partial charge in [0.05, 0.1) is 18.2 Å². The number of methoxy groups -OCH3 is 1. The molecule has 0 unspecified atom stereocenters. The molecule has 3 rings (SSSR count). The molecule has 1 atom stereocenters. The molecule has 156 valence electrons. The average molecular weight is 411 g/mol. The van der Waals surface area contributed by atoms with Crippen LogP contribution in [0.25, 0.3) is 0 Å². The summed E-state index contributed by atoms with van der Waals surface area (Å²) in [6.45, 7) is 1.62. The van der Waals surface area contributed by atoms with Crippen molar-refractivity contribution in [2.45, 2.75) is 25.3 Å². The summed E-state index contributed by atoms with van der Waals surface area (Å²) in [6.07, 6.45) is 2.04. The predicted molar refractivity (Wildman–Crippen MR) is 105 cm³/mol. The summed E-state index contributed by atoms with van der Waals surface area (Å²) in [5.74, 6) is -1.65. The lowest BCUT2D eigenvalue weighted by molar-refractivity contribution is -0.398. The third-order valence-electron chi connectivity index (χ3n) is 4.79. The van der Waals surface area contributed by atoms with Crippen molar-refractivity contribution < 1.29 is 24.4 Å². The second-order valence-electron chi connectivity index (χ2n) is 6.94. The highest BCUT2D eigenvalue weighted by molar-refractivity contribution is 6.07. The van der Waals surface area contributed by atoms with E-state index in [-0.39, 0.29) is 11.3 Å². The molecule has 1 N–H and O–H groups in total. The van der Waals surface area contributed by atoms with Crippen LogP contribution in [0.15, 0.2) is 47.6 Å². The minimum Gasteiger partial charge on any atom is -0.865 e. The molecular weight excluding hydrogens is 392 g/mol. The van der Waals surface area contributed by atoms with E-state index >= 15 is 0 Å². The second kappa shape index (κ2) is 8.19. The molecule has 1 saturated heterocycles. The van der Waals surface area contributed by atoms with Crippen LogP contribution in [0.3, 0.4) is 0 Å². The lowest BCUT2D eigenvalue weighted by Gasteiger charge is -2.20. The van der Waals surface area contributed by atoms with Crippen LogP contribution in [0.5, 0.6) is 11.5 Å². The number of nitro benzene ring substituents is 1. The number of urea groups is 1. The first-order valence-electron chi connectivity index (χ1n) is 9.03. The van der Waals surface area contributed by atoms with Crippen molar-refractivity contribution >= 4 is 23.8 Å². The molecule has 10 heteroatoms. The quantitative estimate of drug-likeness (QED) is 0.320. The van der Waals surface area contributed by atoms with Gasteiger partial charge < -0.3 is 15.2 Å². The summed E-state index contributed by atoms with van der Waals surface area (Å²) in [5.41, 5.74) is -0.663. The van der Waals surface area contributed by atoms with Crippen molar-refractivity contribution in [2.75, 3.05) is 7.11 Å². The molecule has 10 nitrogen and oxygen atoms in total. The number of carbonyl (C=O) groups excluding carboxylic acids is 2. The lowest BCUT2D eigenvalue weighted by Crippen LogP contribution is -2.44. The van der Waals surface area contributed by atoms with Gasteiger partial charge in [0.2, 0.25) is 0 Å². The number of carbonyl (C=O) groups is 2. The fourth-order valence-corrected chi connectivity index (χ4v) is 3.08. The number of aryl methyl sites for hydroxylation is 1. The maximum Gasteiger partial charge on any atom is 0.346 e. The molecule has 3 amide bonds. The first kappa shape index (κ1) is 20.8. The van der Waals surface area contributed by atoms with E-state index in [2.05, 4.69) is 10.4 Å². The molecule has 1 aliphatic rings. The minimum absolute atomic E-state index is 0.136. The lowest BCUT2D eigenvalue weighted by atomic mass is 9.93. The van der Waals surface area contributed by atoms with Gasteiger partial charge in [-0.3, -0.25) is 14.9 Å². The number of nitrogens with one attached hydrogen (secondary N) is 1. The molecular formula is C20H19N4O6-. The number of hydrazone groups is 1. The number of nitrogens with zero attached hydrogens (tertiary/aromatic N) is 3. The number of nitro groups is 1. The zero-order valence-corrected chi connectivity index (χ0v) is 16.3. The fraction of sp³-hybridized carbons (Fsp3) is 0.250. The number of hydrogen-bond donors (Lipinski definition) is 1. The zero-order chi connectivity index (χ0) is 21.9. The maximum absolute atomic E-state index is 12.8. The smallest absolute Gasteiger partial charge is 0.346 e. The molecule has 2 aromatic carbocycles. The standard InChI is InChI=1S/C20H20N4O6/c1-20(9-8-13-6-4-3-5-7-13)18(26)23(19(27)22-20)21-12-14-10-15(24(28)29)17(25)16(11-14)30-2/h3-7,10-12,25H,8-9H2,1-2H3,(H,22,27)/p-1/b21-12-/t20-/m1/s1. The van der Waals surface area contributed by atoms with E-state index in [4.69, 9.17) is 4.74 Å². The Labute approximate surface area is 171 Å². The highest BCUT2D eigenvalue weighted by Crippen LogP contribution is 2.34. The Balaban J connectivity index is 1.79. The molecule has 0 radical (unpaired) electrons. The Morgan fingerprint density at radius 1 is 1.27 bits per heavy atom. The van der Waals surface area contributed by atoms with E-state index in [0.717, 1.165) is 17.8 Å². The Kier molecular flexibility index (Phi) is 5.67. The predicted octanol–water partition coefficient (Wildman–Crippen LogP) is 1.95. The summed E-state index contributed by atoms with van der Waals surface area (Å²) in [6, 6.07) is 11.1. The van der Waals surface area contributed by atoms with Gasteiger partial charge in [-0.1, -0.05) is 30.3 Å². The van der Waals surface area contributed by atoms with Gasteiger partial charge in [-0.25, -0.2) is 4.79 Å². The Morgan fingerprint density at radius 2 is 1.97 bits per heavy atom. The fourth-order valence-electron chi connectivity index (χ4n) is 3.08. The van der Waals surface area contributed by atoms with Crippen LogP contribution >= 0.6 is 0 Å². The first-order valence-corrected chi connectivity index (χ1v) is 9.03. The average Bonchev–Trinajstić information content (AvgIpc) is 2.94. The van der Waals surface area contributed by atoms with Gasteiger partial charge in [0.1, 0.15) is 11.3 Å². The third kappa shape index (κ3) is 4.07. The van der Waals surface area contributed by atoms with Crippen LogP contribution in [0.1, 0.15) is 24.5 Å². The van der Waals surface area contributed by atoms with Gasteiger partial charge in [-0.05, 0) is 31.4 Å². The number of amides is 3. The number of rotatable bonds is 7. The van der Waals surface area contributed by atoms with E-state index < -0.39 is 33.8 Å². The van der Waals surface area contributed by atoms with Crippen molar-refractivity contribution in [3.8, 4) is 11.5 Å². The van der Waals surface area contributed by atoms with Crippen molar-refractivity contribution in [2.24, 2.45) is 5.10 Å². The van der Waals surface area contributed by atoms with Gasteiger partial charge in [-0.15, -0.1) is 5.01 Å². The molecule has 0 saturated carbocycles. The molecule has 0 aromatic heterocycles. The molecule has 0 bridgehead atoms. The minimum atomic E-state index is -1.13. The molecule has 1 aliphatic heterocycles. The highest BCUT2D eigenvalue weighted by Gasteiger charge is 2.47. The SMILES string of the molecule is COc1cc(/C=N\N2C(=O)N[C@](C)(CCc3ccccc3)C2=O)cc([N+](=O)[O-])c1[O-]. The van der Waals surface area contributed by atoms with Gasteiger partial charge in [0, 0.05) is 17.4 Å². The van der Waals surface area contributed by atoms with Crippen LogP contribution in [0, 0.1) is 10.1 Å². The van der Waals surface area contributed by atoms with Gasteiger partial charge >= 0.3 is 6.03 Å². The number of ether oxygens (including phenoxy) is 1. The normalized spacial score (nSPS) is 18.7. The largest absolute Gasteiger partial charge is 0.865 e. The Bertz CT molecular complexity index is 1020. The van der Waals surface area contributed by atoms with Gasteiger partial charge in [-0.2, -0.15) is 5.10 Å². The summed E-state index contributed by atoms with van der Waals surface area (Å²) in [7, 11) is 1.21. The zero-order valence-electron chi connectivity index (χ0n) is 16.3. The molecule has 0 spiro atoms. The van der Waals surface area contributed by atoms with Gasteiger partial charge in [0.25, 0.3) is 11.6 Å². The summed E-state index contributed by atoms with van der Waals surface area (Å²) < 4.78 is 4.86. The van der Waals surface area contributed by atoms with E-state index in [1.54, 1.807) is 6.92 Å². The second-order valence-corrected chi connectivity index (χ2v) is 6.94. The molecule has 2 aromatic rings. The Morgan fingerprint density at radius 3 is 2.60 bits per heavy atom. The van der Waals surface area contributed by atoms with Crippen LogP contribution in [0.2, 0.25) is 0 Å². The van der Waals surface area contributed by atoms with E-state index in [1.807, 2.05) is 30.3 Å². The summed E-state index contributed by atoms with van der Waals surface area (Å²) >= 11 is 0. The highest BCUT2D eigenvalue weighted by atomic mass is 16.6. The van der Waals surface area contributed by atoms with E-state index in [9.17, 15) is 24.8 Å². The number of hydrogen-bond acceptors (Lipinski definition) is 7. The summed E-state index contributed by atoms with van der Waals surface area (Å²) in [4.78, 5) is 35.3. The molecule has 1 fully saturated rings. The Hall–Kier alpha value is -3.95. The van der Waals surface area contributed by atoms with Crippen LogP contribution in [-0.2, 0) is 11.2 Å². The third-order valence-corrected chi connectivity index (χ3v) is 4.79. The van der Waals surface area contributed by atoms with Crippen LogP contribution in [0.4, 0.5) is 10.5 Å². The van der Waals surface area contributed by atoms with Crippen molar-refractivity contribution in [3.05, 3.63) is 63.7 Å². The molecule has 30 heavy (non-hydrogen) atoms. The van der Waals surface area contributed by atoms with Gasteiger partial charge in [0.15, 0.2) is 0 Å². The number of benzene rings is 2. The van der Waals surface area contributed by atoms with E-state index in [0.29, 0.717) is 17.9 Å². The van der Waals surface area contributed by atoms with Crippen LogP contribution in [-0.4, -0.2) is 40.7 Å². The van der Waals surface area contributed by atoms with Crippen molar-refractivity contribution in [3.63, 3.8) is 0 Å². The number of imide groups is 1. The first-order chi connectivity index (χ1) is 14.2. The maximum atomic E-state index is 12.8. The molecule has 0 aliphatic carbocycles. The summed E-state index contributed by atoms with van der Waals surface area (Å²) in [5, 5.41) is 30.1. The topological polar surface area (TPSA) is 137 Å². The monoisotopic (exact) mass is 411 g/mol. The van der Waals surface area contributed by atoms with Crippen molar-refractivity contribution in [1.82, 2.24) is 10.3 Å². The van der Waals surface area contributed by atoms with E-state index in [1.165, 1.54) is 13.2 Å². The molecule has 1 heterocycles. The van der Waals surface area contributed by atoms with Crippen LogP contribution < -0.4 is 15.2 Å². The van der Waals surface area contributed by atoms with Crippen molar-refractivity contribution in [1.29, 1.82) is 0 Å².